The third kappa shape index (κ3) is 3.26. The van der Waals surface area contributed by atoms with E-state index in [1.54, 1.807) is 11.8 Å². The van der Waals surface area contributed by atoms with E-state index in [2.05, 4.69) is 49.7 Å². The van der Waals surface area contributed by atoms with Gasteiger partial charge in [0.1, 0.15) is 0 Å². The molecule has 78 valence electrons. The molecule has 0 aromatic heterocycles. The Hall–Kier alpha value is -0.630. The van der Waals surface area contributed by atoms with Crippen LogP contribution in [0.2, 0.25) is 0 Å². The second kappa shape index (κ2) is 5.97. The number of hydrogen-bond donors (Lipinski definition) is 1. The Morgan fingerprint density at radius 2 is 2.07 bits per heavy atom. The van der Waals surface area contributed by atoms with Crippen LogP contribution in [0.1, 0.15) is 26.7 Å². The fraction of sp³-hybridized carbons (Fsp3) is 0.500. The predicted molar refractivity (Wildman–Crippen MR) is 66.2 cm³/mol. The second-order valence-electron chi connectivity index (χ2n) is 3.53. The Bertz CT molecular complexity index is 273. The number of anilines is 1. The third-order valence-electron chi connectivity index (χ3n) is 2.23. The summed E-state index contributed by atoms with van der Waals surface area (Å²) in [6.45, 7) is 4.46. The van der Waals surface area contributed by atoms with E-state index < -0.39 is 0 Å². The monoisotopic (exact) mass is 209 g/mol. The molecule has 0 heterocycles. The van der Waals surface area contributed by atoms with Crippen LogP contribution in [-0.4, -0.2) is 12.3 Å². The minimum absolute atomic E-state index is 0.563. The molecule has 0 aliphatic rings. The summed E-state index contributed by atoms with van der Waals surface area (Å²) >= 11 is 1.79. The highest BCUT2D eigenvalue weighted by Gasteiger charge is 2.03. The van der Waals surface area contributed by atoms with Gasteiger partial charge in [0.15, 0.2) is 0 Å². The Kier molecular flexibility index (Phi) is 4.88. The van der Waals surface area contributed by atoms with Gasteiger partial charge in [-0.1, -0.05) is 25.5 Å². The molecule has 0 amide bonds. The van der Waals surface area contributed by atoms with Gasteiger partial charge in [0.05, 0.1) is 0 Å². The minimum Gasteiger partial charge on any atom is -0.382 e. The lowest BCUT2D eigenvalue weighted by Gasteiger charge is -2.16. The molecule has 1 rings (SSSR count). The first-order valence-corrected chi connectivity index (χ1v) is 6.40. The zero-order valence-electron chi connectivity index (χ0n) is 9.21. The molecule has 0 aliphatic carbocycles. The number of rotatable bonds is 5. The Labute approximate surface area is 91.3 Å². The highest BCUT2D eigenvalue weighted by molar-refractivity contribution is 7.98. The number of benzene rings is 1. The summed E-state index contributed by atoms with van der Waals surface area (Å²) in [6, 6.07) is 9.04. The van der Waals surface area contributed by atoms with Crippen LogP contribution in [0.25, 0.3) is 0 Å². The van der Waals surface area contributed by atoms with Crippen molar-refractivity contribution >= 4 is 17.4 Å². The van der Waals surface area contributed by atoms with Crippen LogP contribution < -0.4 is 5.32 Å². The quantitative estimate of drug-likeness (QED) is 0.735. The summed E-state index contributed by atoms with van der Waals surface area (Å²) < 4.78 is 0. The molecule has 1 aromatic rings. The van der Waals surface area contributed by atoms with Gasteiger partial charge in [-0.25, -0.2) is 0 Å². The molecular formula is C12H19NS. The smallest absolute Gasteiger partial charge is 0.0480 e. The maximum Gasteiger partial charge on any atom is 0.0480 e. The average molecular weight is 209 g/mol. The van der Waals surface area contributed by atoms with Crippen LogP contribution in [-0.2, 0) is 0 Å². The zero-order chi connectivity index (χ0) is 10.4. The maximum atomic E-state index is 3.54. The largest absolute Gasteiger partial charge is 0.382 e. The number of nitrogens with one attached hydrogen (secondary N) is 1. The van der Waals surface area contributed by atoms with Crippen molar-refractivity contribution in [3.63, 3.8) is 0 Å². The van der Waals surface area contributed by atoms with E-state index in [0.29, 0.717) is 6.04 Å². The Morgan fingerprint density at radius 3 is 2.71 bits per heavy atom. The molecule has 0 saturated carbocycles. The van der Waals surface area contributed by atoms with E-state index in [1.807, 2.05) is 0 Å². The molecule has 0 fully saturated rings. The van der Waals surface area contributed by atoms with E-state index in [4.69, 9.17) is 0 Å². The van der Waals surface area contributed by atoms with Crippen LogP contribution in [0.3, 0.4) is 0 Å². The van der Waals surface area contributed by atoms with E-state index in [1.165, 1.54) is 23.4 Å². The van der Waals surface area contributed by atoms with Gasteiger partial charge in [-0.05, 0) is 31.7 Å². The Morgan fingerprint density at radius 1 is 1.36 bits per heavy atom. The highest BCUT2D eigenvalue weighted by atomic mass is 32.2. The second-order valence-corrected chi connectivity index (χ2v) is 4.38. The lowest BCUT2D eigenvalue weighted by molar-refractivity contribution is 0.689. The van der Waals surface area contributed by atoms with Gasteiger partial charge < -0.3 is 5.32 Å². The van der Waals surface area contributed by atoms with Gasteiger partial charge in [-0.3, -0.25) is 0 Å². The van der Waals surface area contributed by atoms with Gasteiger partial charge in [-0.2, -0.15) is 0 Å². The average Bonchev–Trinajstić information content (AvgIpc) is 2.19. The predicted octanol–water partition coefficient (Wildman–Crippen LogP) is 4.01. The summed E-state index contributed by atoms with van der Waals surface area (Å²) in [5.41, 5.74) is 1.26. The van der Waals surface area contributed by atoms with Crippen LogP contribution in [0.15, 0.2) is 29.2 Å². The van der Waals surface area contributed by atoms with Crippen LogP contribution >= 0.6 is 11.8 Å². The molecule has 1 aromatic carbocycles. The topological polar surface area (TPSA) is 12.0 Å². The lowest BCUT2D eigenvalue weighted by atomic mass is 10.2. The minimum atomic E-state index is 0.563. The van der Waals surface area contributed by atoms with Gasteiger partial charge in [-0.15, -0.1) is 11.8 Å². The molecule has 1 nitrogen and oxygen atoms in total. The van der Waals surface area contributed by atoms with Crippen molar-refractivity contribution in [3.8, 4) is 0 Å². The first-order valence-electron chi connectivity index (χ1n) is 5.17. The lowest BCUT2D eigenvalue weighted by Crippen LogP contribution is -2.14. The summed E-state index contributed by atoms with van der Waals surface area (Å²) in [4.78, 5) is 1.33. The molecule has 0 saturated heterocycles. The number of thioether (sulfide) groups is 1. The third-order valence-corrected chi connectivity index (χ3v) is 3.03. The van der Waals surface area contributed by atoms with Crippen molar-refractivity contribution in [2.75, 3.05) is 11.6 Å². The standard InChI is InChI=1S/C12H19NS/c1-4-7-10(2)13-11-8-5-6-9-12(11)14-3/h5-6,8-10,13H,4,7H2,1-3H3/t10-/m0/s1. The molecule has 0 bridgehead atoms. The first-order chi connectivity index (χ1) is 6.77. The van der Waals surface area contributed by atoms with Crippen molar-refractivity contribution in [2.24, 2.45) is 0 Å². The molecule has 0 spiro atoms. The summed E-state index contributed by atoms with van der Waals surface area (Å²) in [6.07, 6.45) is 4.57. The van der Waals surface area contributed by atoms with Crippen LogP contribution in [0.4, 0.5) is 5.69 Å². The fourth-order valence-corrected chi connectivity index (χ4v) is 2.10. The normalized spacial score (nSPS) is 12.5. The molecule has 2 heteroatoms. The fourth-order valence-electron chi connectivity index (χ4n) is 1.53. The van der Waals surface area contributed by atoms with E-state index in [0.717, 1.165) is 0 Å². The molecule has 1 N–H and O–H groups in total. The maximum absolute atomic E-state index is 3.54. The van der Waals surface area contributed by atoms with E-state index in [9.17, 15) is 0 Å². The summed E-state index contributed by atoms with van der Waals surface area (Å²) in [5, 5.41) is 3.54. The molecular weight excluding hydrogens is 190 g/mol. The Balaban J connectivity index is 2.65. The highest BCUT2D eigenvalue weighted by Crippen LogP contribution is 2.25. The van der Waals surface area contributed by atoms with Crippen molar-refractivity contribution in [3.05, 3.63) is 24.3 Å². The van der Waals surface area contributed by atoms with Gasteiger partial charge >= 0.3 is 0 Å². The van der Waals surface area contributed by atoms with Crippen LogP contribution in [0, 0.1) is 0 Å². The van der Waals surface area contributed by atoms with Crippen molar-refractivity contribution < 1.29 is 0 Å². The number of para-hydroxylation sites is 1. The molecule has 0 unspecified atom stereocenters. The van der Waals surface area contributed by atoms with Gasteiger partial charge in [0, 0.05) is 16.6 Å². The van der Waals surface area contributed by atoms with Crippen LogP contribution in [0.5, 0.6) is 0 Å². The summed E-state index contributed by atoms with van der Waals surface area (Å²) in [7, 11) is 0. The zero-order valence-corrected chi connectivity index (χ0v) is 10.0. The van der Waals surface area contributed by atoms with Gasteiger partial charge in [0.25, 0.3) is 0 Å². The van der Waals surface area contributed by atoms with E-state index >= 15 is 0 Å². The SMILES string of the molecule is CCC[C@H](C)Nc1ccccc1SC. The molecule has 14 heavy (non-hydrogen) atoms. The van der Waals surface area contributed by atoms with Gasteiger partial charge in [0.2, 0.25) is 0 Å². The molecule has 1 atom stereocenters. The first kappa shape index (κ1) is 11.4. The van der Waals surface area contributed by atoms with E-state index in [-0.39, 0.29) is 0 Å². The molecule has 0 radical (unpaired) electrons. The van der Waals surface area contributed by atoms with Crippen molar-refractivity contribution in [1.29, 1.82) is 0 Å². The molecule has 0 aliphatic heterocycles. The van der Waals surface area contributed by atoms with Crippen molar-refractivity contribution in [1.82, 2.24) is 0 Å². The number of hydrogen-bond acceptors (Lipinski definition) is 2. The van der Waals surface area contributed by atoms with Crippen molar-refractivity contribution in [2.45, 2.75) is 37.6 Å². The summed E-state index contributed by atoms with van der Waals surface area (Å²) in [5.74, 6) is 0.